The van der Waals surface area contributed by atoms with Gasteiger partial charge >= 0.3 is 0 Å². The van der Waals surface area contributed by atoms with Gasteiger partial charge in [0.05, 0.1) is 5.69 Å². The molecule has 0 fully saturated rings. The van der Waals surface area contributed by atoms with Crippen LogP contribution in [0.2, 0.25) is 5.02 Å². The Balaban J connectivity index is 1.99. The minimum Gasteiger partial charge on any atom is -0.350 e. The first-order chi connectivity index (χ1) is 12.8. The maximum atomic E-state index is 12.7. The van der Waals surface area contributed by atoms with E-state index in [1.54, 1.807) is 24.3 Å². The number of carbonyl (C=O) groups excluding carboxylic acids is 2. The number of halogens is 1. The second-order valence-corrected chi connectivity index (χ2v) is 7.43. The van der Waals surface area contributed by atoms with Gasteiger partial charge in [0.25, 0.3) is 11.8 Å². The van der Waals surface area contributed by atoms with E-state index < -0.39 is 0 Å². The monoisotopic (exact) mass is 383 g/mol. The number of anilines is 1. The van der Waals surface area contributed by atoms with Crippen LogP contribution in [-0.2, 0) is 0 Å². The van der Waals surface area contributed by atoms with E-state index in [0.29, 0.717) is 34.4 Å². The molecular formula is C21H22ClN3O2. The number of hydrogen-bond acceptors (Lipinski definition) is 2. The molecule has 0 bridgehead atoms. The van der Waals surface area contributed by atoms with Crippen LogP contribution in [0.25, 0.3) is 10.9 Å². The van der Waals surface area contributed by atoms with E-state index >= 15 is 0 Å². The maximum absolute atomic E-state index is 12.7. The van der Waals surface area contributed by atoms with E-state index in [-0.39, 0.29) is 11.8 Å². The first-order valence-corrected chi connectivity index (χ1v) is 9.20. The van der Waals surface area contributed by atoms with Crippen molar-refractivity contribution in [3.63, 3.8) is 0 Å². The summed E-state index contributed by atoms with van der Waals surface area (Å²) < 4.78 is 0. The van der Waals surface area contributed by atoms with Crippen molar-refractivity contribution in [1.29, 1.82) is 0 Å². The highest BCUT2D eigenvalue weighted by Gasteiger charge is 2.20. The zero-order valence-electron chi connectivity index (χ0n) is 15.5. The SMILES string of the molecule is Cc1ccc2[nH]c(C(=O)NCC(C)C)c(NC(=O)c3ccc(Cl)cc3)c2c1. The Kier molecular flexibility index (Phi) is 5.51. The summed E-state index contributed by atoms with van der Waals surface area (Å²) in [5.74, 6) is -0.219. The number of aromatic amines is 1. The Morgan fingerprint density at radius 3 is 2.44 bits per heavy atom. The quantitative estimate of drug-likeness (QED) is 0.593. The number of aromatic nitrogens is 1. The predicted octanol–water partition coefficient (Wildman–Crippen LogP) is 4.77. The number of H-pyrrole nitrogens is 1. The number of hydrogen-bond donors (Lipinski definition) is 3. The van der Waals surface area contributed by atoms with E-state index in [2.05, 4.69) is 15.6 Å². The summed E-state index contributed by atoms with van der Waals surface area (Å²) in [6.45, 7) is 6.57. The molecule has 0 spiro atoms. The Labute approximate surface area is 163 Å². The number of nitrogens with one attached hydrogen (secondary N) is 3. The highest BCUT2D eigenvalue weighted by molar-refractivity contribution is 6.30. The van der Waals surface area contributed by atoms with Crippen molar-refractivity contribution in [1.82, 2.24) is 10.3 Å². The van der Waals surface area contributed by atoms with Crippen molar-refractivity contribution in [2.75, 3.05) is 11.9 Å². The van der Waals surface area contributed by atoms with Crippen LogP contribution in [0.15, 0.2) is 42.5 Å². The number of amides is 2. The second-order valence-electron chi connectivity index (χ2n) is 6.99. The predicted molar refractivity (Wildman–Crippen MR) is 110 cm³/mol. The van der Waals surface area contributed by atoms with E-state index in [4.69, 9.17) is 11.6 Å². The van der Waals surface area contributed by atoms with Crippen molar-refractivity contribution in [3.05, 3.63) is 64.3 Å². The number of carbonyl (C=O) groups is 2. The summed E-state index contributed by atoms with van der Waals surface area (Å²) in [6.07, 6.45) is 0. The minimum absolute atomic E-state index is 0.246. The van der Waals surface area contributed by atoms with E-state index in [9.17, 15) is 9.59 Å². The summed E-state index contributed by atoms with van der Waals surface area (Å²) >= 11 is 5.89. The maximum Gasteiger partial charge on any atom is 0.269 e. The first kappa shape index (κ1) is 19.0. The van der Waals surface area contributed by atoms with Gasteiger partial charge in [-0.2, -0.15) is 0 Å². The molecule has 0 aliphatic carbocycles. The van der Waals surface area contributed by atoms with Gasteiger partial charge in [0, 0.05) is 28.0 Å². The van der Waals surface area contributed by atoms with E-state index in [1.807, 2.05) is 39.0 Å². The summed E-state index contributed by atoms with van der Waals surface area (Å²) in [5, 5.41) is 7.14. The molecule has 3 rings (SSSR count). The standard InChI is InChI=1S/C21H22ClN3O2/c1-12(2)11-23-21(27)19-18(16-10-13(3)4-9-17(16)24-19)25-20(26)14-5-7-15(22)8-6-14/h4-10,12,24H,11H2,1-3H3,(H,23,27)(H,25,26). The molecule has 3 N–H and O–H groups in total. The average Bonchev–Trinajstić information content (AvgIpc) is 2.98. The molecule has 6 heteroatoms. The Bertz CT molecular complexity index is 991. The molecule has 2 aromatic carbocycles. The van der Waals surface area contributed by atoms with Gasteiger partial charge in [-0.1, -0.05) is 37.1 Å². The Hall–Kier alpha value is -2.79. The highest BCUT2D eigenvalue weighted by atomic mass is 35.5. The van der Waals surface area contributed by atoms with Crippen molar-refractivity contribution >= 4 is 40.0 Å². The molecule has 5 nitrogen and oxygen atoms in total. The van der Waals surface area contributed by atoms with Crippen molar-refractivity contribution in [2.45, 2.75) is 20.8 Å². The summed E-state index contributed by atoms with van der Waals surface area (Å²) in [6, 6.07) is 12.4. The van der Waals surface area contributed by atoms with Gasteiger partial charge in [-0.05, 0) is 49.2 Å². The fourth-order valence-electron chi connectivity index (χ4n) is 2.78. The lowest BCUT2D eigenvalue weighted by Gasteiger charge is -2.10. The molecule has 0 atom stereocenters. The first-order valence-electron chi connectivity index (χ1n) is 8.82. The van der Waals surface area contributed by atoms with Gasteiger partial charge in [-0.15, -0.1) is 0 Å². The molecule has 0 radical (unpaired) electrons. The minimum atomic E-state index is -0.299. The van der Waals surface area contributed by atoms with Gasteiger partial charge in [0.2, 0.25) is 0 Å². The normalized spacial score (nSPS) is 11.0. The van der Waals surface area contributed by atoms with Gasteiger partial charge < -0.3 is 15.6 Å². The third kappa shape index (κ3) is 4.31. The Morgan fingerprint density at radius 2 is 1.78 bits per heavy atom. The van der Waals surface area contributed by atoms with Crippen molar-refractivity contribution in [2.24, 2.45) is 5.92 Å². The van der Waals surface area contributed by atoms with Crippen LogP contribution >= 0.6 is 11.6 Å². The lowest BCUT2D eigenvalue weighted by molar-refractivity contribution is 0.0945. The molecule has 0 aliphatic heterocycles. The van der Waals surface area contributed by atoms with E-state index in [1.165, 1.54) is 0 Å². The summed E-state index contributed by atoms with van der Waals surface area (Å²) in [7, 11) is 0. The highest BCUT2D eigenvalue weighted by Crippen LogP contribution is 2.29. The molecule has 27 heavy (non-hydrogen) atoms. The molecular weight excluding hydrogens is 362 g/mol. The van der Waals surface area contributed by atoms with Crippen molar-refractivity contribution < 1.29 is 9.59 Å². The number of benzene rings is 2. The van der Waals surface area contributed by atoms with Crippen LogP contribution in [0.5, 0.6) is 0 Å². The molecule has 0 saturated heterocycles. The van der Waals surface area contributed by atoms with Crippen LogP contribution in [0.1, 0.15) is 40.3 Å². The second kappa shape index (κ2) is 7.84. The topological polar surface area (TPSA) is 74.0 Å². The lowest BCUT2D eigenvalue weighted by Crippen LogP contribution is -2.28. The molecule has 2 amide bonds. The summed E-state index contributed by atoms with van der Waals surface area (Å²) in [5.41, 5.74) is 3.13. The third-order valence-electron chi connectivity index (χ3n) is 4.20. The number of aryl methyl sites for hydroxylation is 1. The van der Waals surface area contributed by atoms with Crippen molar-refractivity contribution in [3.8, 4) is 0 Å². The molecule has 1 aromatic heterocycles. The van der Waals surface area contributed by atoms with Crippen LogP contribution < -0.4 is 10.6 Å². The van der Waals surface area contributed by atoms with Gasteiger partial charge in [-0.25, -0.2) is 0 Å². The van der Waals surface area contributed by atoms with Gasteiger partial charge in [0.1, 0.15) is 5.69 Å². The fraction of sp³-hybridized carbons (Fsp3) is 0.238. The third-order valence-corrected chi connectivity index (χ3v) is 4.45. The fourth-order valence-corrected chi connectivity index (χ4v) is 2.90. The average molecular weight is 384 g/mol. The largest absolute Gasteiger partial charge is 0.350 e. The Morgan fingerprint density at radius 1 is 1.07 bits per heavy atom. The van der Waals surface area contributed by atoms with E-state index in [0.717, 1.165) is 16.5 Å². The van der Waals surface area contributed by atoms with Crippen LogP contribution in [0.4, 0.5) is 5.69 Å². The lowest BCUT2D eigenvalue weighted by atomic mass is 10.1. The zero-order chi connectivity index (χ0) is 19.6. The van der Waals surface area contributed by atoms with Gasteiger partial charge in [0.15, 0.2) is 0 Å². The number of rotatable bonds is 5. The number of fused-ring (bicyclic) bond motifs is 1. The molecule has 0 aliphatic rings. The summed E-state index contributed by atoms with van der Waals surface area (Å²) in [4.78, 5) is 28.5. The molecule has 140 valence electrons. The zero-order valence-corrected chi connectivity index (χ0v) is 16.3. The molecule has 1 heterocycles. The van der Waals surface area contributed by atoms with Crippen LogP contribution in [-0.4, -0.2) is 23.3 Å². The molecule has 3 aromatic rings. The molecule has 0 saturated carbocycles. The van der Waals surface area contributed by atoms with Crippen LogP contribution in [0.3, 0.4) is 0 Å². The smallest absolute Gasteiger partial charge is 0.269 e. The van der Waals surface area contributed by atoms with Crippen LogP contribution in [0, 0.1) is 12.8 Å². The van der Waals surface area contributed by atoms with Gasteiger partial charge in [-0.3, -0.25) is 9.59 Å². The molecule has 0 unspecified atom stereocenters.